The van der Waals surface area contributed by atoms with Gasteiger partial charge in [-0.05, 0) is 13.8 Å². The van der Waals surface area contributed by atoms with Crippen LogP contribution in [-0.2, 0) is 14.8 Å². The van der Waals surface area contributed by atoms with E-state index in [0.29, 0.717) is 26.2 Å². The van der Waals surface area contributed by atoms with Crippen LogP contribution in [0.1, 0.15) is 13.8 Å². The smallest absolute Gasteiger partial charge is 0.236 e. The molecule has 0 heterocycles. The molecule has 6 nitrogen and oxygen atoms in total. The normalized spacial score (nSPS) is 11.4. The Labute approximate surface area is 97.4 Å². The average molecular weight is 251 g/mol. The predicted molar refractivity (Wildman–Crippen MR) is 63.6 cm³/mol. The number of hydrogen-bond acceptors (Lipinski definition) is 4. The molecule has 96 valence electrons. The van der Waals surface area contributed by atoms with Crippen molar-refractivity contribution < 1.29 is 13.2 Å². The minimum absolute atomic E-state index is 0.0318. The highest BCUT2D eigenvalue weighted by molar-refractivity contribution is 7.88. The van der Waals surface area contributed by atoms with Crippen LogP contribution in [0.4, 0.5) is 0 Å². The molecule has 0 bridgehead atoms. The number of rotatable bonds is 8. The van der Waals surface area contributed by atoms with Crippen LogP contribution in [0.3, 0.4) is 0 Å². The summed E-state index contributed by atoms with van der Waals surface area (Å²) < 4.78 is 23.8. The molecular formula is C9H21N3O3S. The molecule has 16 heavy (non-hydrogen) atoms. The molecular weight excluding hydrogens is 230 g/mol. The summed E-state index contributed by atoms with van der Waals surface area (Å²) in [5.74, 6) is 0.0318. The Morgan fingerprint density at radius 2 is 1.75 bits per heavy atom. The highest BCUT2D eigenvalue weighted by atomic mass is 32.2. The van der Waals surface area contributed by atoms with Gasteiger partial charge in [-0.2, -0.15) is 0 Å². The predicted octanol–water partition coefficient (Wildman–Crippen LogP) is -1.01. The van der Waals surface area contributed by atoms with Crippen molar-refractivity contribution in [2.45, 2.75) is 13.8 Å². The summed E-state index contributed by atoms with van der Waals surface area (Å²) >= 11 is 0. The summed E-state index contributed by atoms with van der Waals surface area (Å²) in [4.78, 5) is 13.2. The second kappa shape index (κ2) is 7.59. The van der Waals surface area contributed by atoms with Gasteiger partial charge in [0, 0.05) is 26.2 Å². The summed E-state index contributed by atoms with van der Waals surface area (Å²) in [5.41, 5.74) is 0. The van der Waals surface area contributed by atoms with Crippen LogP contribution in [-0.4, -0.2) is 58.2 Å². The van der Waals surface area contributed by atoms with Crippen LogP contribution in [0.2, 0.25) is 0 Å². The second-order valence-corrected chi connectivity index (χ2v) is 5.24. The number of sulfonamides is 1. The summed E-state index contributed by atoms with van der Waals surface area (Å²) in [7, 11) is -3.14. The van der Waals surface area contributed by atoms with Gasteiger partial charge >= 0.3 is 0 Å². The largest absolute Gasteiger partial charge is 0.342 e. The van der Waals surface area contributed by atoms with Gasteiger partial charge in [0.1, 0.15) is 0 Å². The standard InChI is InChI=1S/C9H21N3O3S/c1-4-12(5-2)9(13)8-10-6-7-11-16(3,14)15/h10-11H,4-8H2,1-3H3. The number of carbonyl (C=O) groups excluding carboxylic acids is 1. The number of likely N-dealkylation sites (N-methyl/N-ethyl adjacent to an activating group) is 1. The Kier molecular flexibility index (Phi) is 7.27. The molecule has 0 aromatic carbocycles. The molecule has 0 unspecified atom stereocenters. The van der Waals surface area contributed by atoms with E-state index in [9.17, 15) is 13.2 Å². The number of amides is 1. The highest BCUT2D eigenvalue weighted by Crippen LogP contribution is 1.86. The first-order valence-electron chi connectivity index (χ1n) is 5.33. The van der Waals surface area contributed by atoms with Crippen LogP contribution in [0, 0.1) is 0 Å². The van der Waals surface area contributed by atoms with Crippen LogP contribution < -0.4 is 10.0 Å². The quantitative estimate of drug-likeness (QED) is 0.542. The molecule has 2 N–H and O–H groups in total. The van der Waals surface area contributed by atoms with Crippen LogP contribution in [0.5, 0.6) is 0 Å². The monoisotopic (exact) mass is 251 g/mol. The molecule has 0 rings (SSSR count). The van der Waals surface area contributed by atoms with Gasteiger partial charge in [0.2, 0.25) is 15.9 Å². The molecule has 0 radical (unpaired) electrons. The number of carbonyl (C=O) groups is 1. The maximum absolute atomic E-state index is 11.5. The molecule has 0 aromatic rings. The fourth-order valence-electron chi connectivity index (χ4n) is 1.21. The molecule has 0 aliphatic rings. The van der Waals surface area contributed by atoms with Crippen LogP contribution in [0.25, 0.3) is 0 Å². The lowest BCUT2D eigenvalue weighted by atomic mass is 10.4. The average Bonchev–Trinajstić information content (AvgIpc) is 2.17. The van der Waals surface area contributed by atoms with E-state index >= 15 is 0 Å². The van der Waals surface area contributed by atoms with Crippen LogP contribution in [0.15, 0.2) is 0 Å². The molecule has 0 saturated heterocycles. The van der Waals surface area contributed by atoms with Gasteiger partial charge in [-0.15, -0.1) is 0 Å². The maximum atomic E-state index is 11.5. The van der Waals surface area contributed by atoms with Gasteiger partial charge in [0.05, 0.1) is 12.8 Å². The van der Waals surface area contributed by atoms with Crippen molar-refractivity contribution in [2.75, 3.05) is 39.0 Å². The van der Waals surface area contributed by atoms with Crippen molar-refractivity contribution >= 4 is 15.9 Å². The molecule has 7 heteroatoms. The van der Waals surface area contributed by atoms with E-state index in [1.54, 1.807) is 4.90 Å². The molecule has 0 aromatic heterocycles. The fourth-order valence-corrected chi connectivity index (χ4v) is 1.68. The Morgan fingerprint density at radius 3 is 2.19 bits per heavy atom. The van der Waals surface area contributed by atoms with Crippen molar-refractivity contribution in [2.24, 2.45) is 0 Å². The maximum Gasteiger partial charge on any atom is 0.236 e. The number of nitrogens with one attached hydrogen (secondary N) is 2. The van der Waals surface area contributed by atoms with E-state index in [1.165, 1.54) is 0 Å². The van der Waals surface area contributed by atoms with E-state index in [2.05, 4.69) is 10.0 Å². The number of hydrogen-bond donors (Lipinski definition) is 2. The lowest BCUT2D eigenvalue weighted by Gasteiger charge is -2.18. The summed E-state index contributed by atoms with van der Waals surface area (Å²) in [6.07, 6.45) is 1.11. The Morgan fingerprint density at radius 1 is 1.19 bits per heavy atom. The first-order valence-corrected chi connectivity index (χ1v) is 7.23. The second-order valence-electron chi connectivity index (χ2n) is 3.41. The molecule has 0 spiro atoms. The molecule has 0 saturated carbocycles. The highest BCUT2D eigenvalue weighted by Gasteiger charge is 2.08. The molecule has 0 fully saturated rings. The third kappa shape index (κ3) is 7.61. The summed E-state index contributed by atoms with van der Waals surface area (Å²) in [6.45, 7) is 6.22. The first kappa shape index (κ1) is 15.3. The van der Waals surface area contributed by atoms with Crippen molar-refractivity contribution in [3.63, 3.8) is 0 Å². The van der Waals surface area contributed by atoms with Crippen LogP contribution >= 0.6 is 0 Å². The fraction of sp³-hybridized carbons (Fsp3) is 0.889. The molecule has 0 aliphatic carbocycles. The van der Waals surface area contributed by atoms with Gasteiger partial charge in [-0.25, -0.2) is 13.1 Å². The Hall–Kier alpha value is -0.660. The topological polar surface area (TPSA) is 78.5 Å². The molecule has 0 aliphatic heterocycles. The molecule has 1 amide bonds. The van der Waals surface area contributed by atoms with Crippen molar-refractivity contribution in [3.05, 3.63) is 0 Å². The third-order valence-electron chi connectivity index (χ3n) is 2.06. The zero-order valence-electron chi connectivity index (χ0n) is 10.1. The lowest BCUT2D eigenvalue weighted by Crippen LogP contribution is -2.40. The van der Waals surface area contributed by atoms with Gasteiger partial charge in [0.15, 0.2) is 0 Å². The first-order chi connectivity index (χ1) is 7.40. The van der Waals surface area contributed by atoms with Gasteiger partial charge < -0.3 is 10.2 Å². The van der Waals surface area contributed by atoms with Gasteiger partial charge in [-0.1, -0.05) is 0 Å². The Balaban J connectivity index is 3.63. The van der Waals surface area contributed by atoms with Gasteiger partial charge in [-0.3, -0.25) is 4.79 Å². The van der Waals surface area contributed by atoms with E-state index in [1.807, 2.05) is 13.8 Å². The lowest BCUT2D eigenvalue weighted by molar-refractivity contribution is -0.129. The molecule has 0 atom stereocenters. The zero-order chi connectivity index (χ0) is 12.6. The van der Waals surface area contributed by atoms with E-state index < -0.39 is 10.0 Å². The summed E-state index contributed by atoms with van der Waals surface area (Å²) in [5, 5.41) is 2.89. The third-order valence-corrected chi connectivity index (χ3v) is 2.79. The Bertz CT molecular complexity index is 299. The van der Waals surface area contributed by atoms with E-state index in [0.717, 1.165) is 6.26 Å². The zero-order valence-corrected chi connectivity index (χ0v) is 10.9. The van der Waals surface area contributed by atoms with Crippen molar-refractivity contribution in [1.82, 2.24) is 14.9 Å². The van der Waals surface area contributed by atoms with Crippen molar-refractivity contribution in [3.8, 4) is 0 Å². The van der Waals surface area contributed by atoms with E-state index in [-0.39, 0.29) is 12.5 Å². The van der Waals surface area contributed by atoms with E-state index in [4.69, 9.17) is 0 Å². The van der Waals surface area contributed by atoms with Gasteiger partial charge in [0.25, 0.3) is 0 Å². The van der Waals surface area contributed by atoms with Crippen molar-refractivity contribution in [1.29, 1.82) is 0 Å². The minimum atomic E-state index is -3.14. The minimum Gasteiger partial charge on any atom is -0.342 e. The number of nitrogens with zero attached hydrogens (tertiary/aromatic N) is 1. The summed E-state index contributed by atoms with van der Waals surface area (Å²) in [6, 6.07) is 0. The SMILES string of the molecule is CCN(CC)C(=O)CNCCNS(C)(=O)=O.